The van der Waals surface area contributed by atoms with Crippen molar-refractivity contribution in [2.45, 2.75) is 13.0 Å². The topological polar surface area (TPSA) is 90.7 Å². The number of carboxylic acids is 1. The molecule has 6 heteroatoms. The third-order valence-corrected chi connectivity index (χ3v) is 2.73. The molecule has 0 fully saturated rings. The molecule has 1 aromatic heterocycles. The Morgan fingerprint density at radius 2 is 2.21 bits per heavy atom. The molecule has 0 bridgehead atoms. The largest absolute Gasteiger partial charge is 0.478 e. The molecule has 19 heavy (non-hydrogen) atoms. The third kappa shape index (κ3) is 3.89. The highest BCUT2D eigenvalue weighted by Crippen LogP contribution is 2.13. The lowest BCUT2D eigenvalue weighted by atomic mass is 10.1. The van der Waals surface area contributed by atoms with Crippen molar-refractivity contribution in [1.82, 2.24) is 9.88 Å². The molecule has 0 saturated carbocycles. The van der Waals surface area contributed by atoms with Gasteiger partial charge in [-0.05, 0) is 19.1 Å². The van der Waals surface area contributed by atoms with Crippen LogP contribution >= 0.6 is 0 Å². The van der Waals surface area contributed by atoms with Crippen LogP contribution < -0.4 is 0 Å². The van der Waals surface area contributed by atoms with Crippen LogP contribution in [0.2, 0.25) is 0 Å². The fourth-order valence-electron chi connectivity index (χ4n) is 1.41. The molecular formula is C13H16N2O4. The van der Waals surface area contributed by atoms with Crippen LogP contribution in [0.5, 0.6) is 0 Å². The van der Waals surface area contributed by atoms with E-state index >= 15 is 0 Å². The molecule has 0 aliphatic heterocycles. The molecule has 1 rings (SSSR count). The van der Waals surface area contributed by atoms with E-state index in [1.165, 1.54) is 29.4 Å². The minimum Gasteiger partial charge on any atom is -0.478 e. The number of hydrogen-bond donors (Lipinski definition) is 2. The number of carbonyl (C=O) groups is 2. The van der Waals surface area contributed by atoms with Gasteiger partial charge in [-0.2, -0.15) is 0 Å². The molecule has 0 aromatic carbocycles. The molecule has 0 saturated heterocycles. The molecule has 1 atom stereocenters. The highest BCUT2D eigenvalue weighted by atomic mass is 16.4. The van der Waals surface area contributed by atoms with Crippen LogP contribution in [0.25, 0.3) is 6.08 Å². The summed E-state index contributed by atoms with van der Waals surface area (Å²) in [6.07, 6.45) is 5.15. The molecule has 0 aliphatic rings. The number of carboxylic acid groups (broad SMARTS) is 1. The number of nitrogens with zero attached hydrogens (tertiary/aromatic N) is 2. The van der Waals surface area contributed by atoms with E-state index in [1.54, 1.807) is 14.0 Å². The predicted octanol–water partition coefficient (Wildman–Crippen LogP) is 0.632. The summed E-state index contributed by atoms with van der Waals surface area (Å²) in [6, 6.07) is 1.20. The van der Waals surface area contributed by atoms with E-state index in [9.17, 15) is 9.59 Å². The van der Waals surface area contributed by atoms with Crippen molar-refractivity contribution in [2.24, 2.45) is 0 Å². The zero-order valence-electron chi connectivity index (χ0n) is 10.8. The lowest BCUT2D eigenvalue weighted by Crippen LogP contribution is -2.37. The van der Waals surface area contributed by atoms with Crippen LogP contribution in [0, 0.1) is 0 Å². The molecule has 1 amide bonds. The quantitative estimate of drug-likeness (QED) is 0.761. The maximum atomic E-state index is 12.2. The van der Waals surface area contributed by atoms with Crippen molar-refractivity contribution in [3.05, 3.63) is 35.7 Å². The highest BCUT2D eigenvalue weighted by Gasteiger charge is 2.18. The Hall–Kier alpha value is -2.21. The van der Waals surface area contributed by atoms with Gasteiger partial charge in [0.2, 0.25) is 0 Å². The molecule has 2 N–H and O–H groups in total. The van der Waals surface area contributed by atoms with Crippen LogP contribution in [0.15, 0.2) is 24.5 Å². The molecule has 102 valence electrons. The van der Waals surface area contributed by atoms with Crippen LogP contribution in [0.1, 0.15) is 22.8 Å². The number of aromatic nitrogens is 1. The van der Waals surface area contributed by atoms with E-state index < -0.39 is 5.97 Å². The van der Waals surface area contributed by atoms with Gasteiger partial charge in [-0.3, -0.25) is 9.78 Å². The van der Waals surface area contributed by atoms with Crippen molar-refractivity contribution in [1.29, 1.82) is 0 Å². The minimum atomic E-state index is -1.10. The number of aliphatic hydroxyl groups is 1. The molecule has 1 unspecified atom stereocenters. The second kappa shape index (κ2) is 6.65. The summed E-state index contributed by atoms with van der Waals surface area (Å²) in [5.41, 5.74) is 0.766. The van der Waals surface area contributed by atoms with Crippen LogP contribution in [0.3, 0.4) is 0 Å². The number of carbonyl (C=O) groups excluding carboxylic acids is 1. The average Bonchev–Trinajstić information content (AvgIpc) is 2.42. The van der Waals surface area contributed by atoms with Gasteiger partial charge in [0.1, 0.15) is 0 Å². The van der Waals surface area contributed by atoms with Crippen molar-refractivity contribution < 1.29 is 19.8 Å². The van der Waals surface area contributed by atoms with E-state index in [2.05, 4.69) is 4.98 Å². The monoisotopic (exact) mass is 264 g/mol. The second-order valence-electron chi connectivity index (χ2n) is 4.08. The molecule has 0 spiro atoms. The van der Waals surface area contributed by atoms with E-state index in [1.807, 2.05) is 0 Å². The summed E-state index contributed by atoms with van der Waals surface area (Å²) in [7, 11) is 1.58. The van der Waals surface area contributed by atoms with Crippen molar-refractivity contribution in [3.8, 4) is 0 Å². The Morgan fingerprint density at radius 1 is 1.53 bits per heavy atom. The molecular weight excluding hydrogens is 248 g/mol. The fraction of sp³-hybridized carbons (Fsp3) is 0.308. The summed E-state index contributed by atoms with van der Waals surface area (Å²) >= 11 is 0. The zero-order chi connectivity index (χ0) is 14.4. The van der Waals surface area contributed by atoms with Crippen molar-refractivity contribution in [3.63, 3.8) is 0 Å². The van der Waals surface area contributed by atoms with Crippen LogP contribution in [-0.4, -0.2) is 51.7 Å². The Kier molecular flexibility index (Phi) is 5.20. The van der Waals surface area contributed by atoms with Gasteiger partial charge >= 0.3 is 5.97 Å². The van der Waals surface area contributed by atoms with E-state index in [-0.39, 0.29) is 18.6 Å². The third-order valence-electron chi connectivity index (χ3n) is 2.73. The van der Waals surface area contributed by atoms with Gasteiger partial charge in [0.25, 0.3) is 5.91 Å². The number of likely N-dealkylation sites (N-methyl/N-ethyl adjacent to an activating group) is 1. The SMILES string of the molecule is CC(CO)N(C)C(=O)c1ccncc1/C=C/C(=O)O. The van der Waals surface area contributed by atoms with Crippen LogP contribution in [-0.2, 0) is 4.79 Å². The second-order valence-corrected chi connectivity index (χ2v) is 4.08. The number of aliphatic hydroxyl groups excluding tert-OH is 1. The number of pyridine rings is 1. The fourth-order valence-corrected chi connectivity index (χ4v) is 1.41. The first-order chi connectivity index (χ1) is 8.97. The van der Waals surface area contributed by atoms with Gasteiger partial charge in [-0.25, -0.2) is 4.79 Å². The van der Waals surface area contributed by atoms with Gasteiger partial charge in [0, 0.05) is 36.6 Å². The molecule has 0 radical (unpaired) electrons. The summed E-state index contributed by atoms with van der Waals surface area (Å²) in [5.74, 6) is -1.40. The Labute approximate surface area is 111 Å². The first-order valence-corrected chi connectivity index (χ1v) is 5.70. The summed E-state index contributed by atoms with van der Waals surface area (Å²) in [4.78, 5) is 28.0. The summed E-state index contributed by atoms with van der Waals surface area (Å²) in [6.45, 7) is 1.57. The van der Waals surface area contributed by atoms with Gasteiger partial charge in [-0.1, -0.05) is 0 Å². The average molecular weight is 264 g/mol. The molecule has 1 aromatic rings. The summed E-state index contributed by atoms with van der Waals surface area (Å²) in [5, 5.41) is 17.7. The minimum absolute atomic E-state index is 0.145. The molecule has 0 aliphatic carbocycles. The van der Waals surface area contributed by atoms with E-state index in [0.717, 1.165) is 6.08 Å². The Bertz CT molecular complexity index is 499. The lowest BCUT2D eigenvalue weighted by Gasteiger charge is -2.23. The Morgan fingerprint density at radius 3 is 2.79 bits per heavy atom. The smallest absolute Gasteiger partial charge is 0.328 e. The highest BCUT2D eigenvalue weighted by molar-refractivity contribution is 5.98. The summed E-state index contributed by atoms with van der Waals surface area (Å²) < 4.78 is 0. The van der Waals surface area contributed by atoms with Gasteiger partial charge < -0.3 is 15.1 Å². The van der Waals surface area contributed by atoms with Crippen molar-refractivity contribution >= 4 is 18.0 Å². The maximum absolute atomic E-state index is 12.2. The van der Waals surface area contributed by atoms with E-state index in [4.69, 9.17) is 10.2 Å². The van der Waals surface area contributed by atoms with Crippen LogP contribution in [0.4, 0.5) is 0 Å². The van der Waals surface area contributed by atoms with Crippen molar-refractivity contribution in [2.75, 3.05) is 13.7 Å². The lowest BCUT2D eigenvalue weighted by molar-refractivity contribution is -0.131. The molecule has 1 heterocycles. The van der Waals surface area contributed by atoms with Gasteiger partial charge in [-0.15, -0.1) is 0 Å². The zero-order valence-corrected chi connectivity index (χ0v) is 10.8. The number of rotatable bonds is 5. The standard InChI is InChI=1S/C13H16N2O4/c1-9(8-16)15(2)13(19)11-5-6-14-7-10(11)3-4-12(17)18/h3-7,9,16H,8H2,1-2H3,(H,17,18)/b4-3+. The first-order valence-electron chi connectivity index (χ1n) is 5.70. The van der Waals surface area contributed by atoms with E-state index in [0.29, 0.717) is 11.1 Å². The number of aliphatic carboxylic acids is 1. The maximum Gasteiger partial charge on any atom is 0.328 e. The normalized spacial score (nSPS) is 12.4. The Balaban J connectivity index is 3.06. The van der Waals surface area contributed by atoms with Gasteiger partial charge in [0.15, 0.2) is 0 Å². The van der Waals surface area contributed by atoms with Gasteiger partial charge in [0.05, 0.1) is 12.6 Å². The first kappa shape index (κ1) is 14.8. The number of hydrogen-bond acceptors (Lipinski definition) is 4. The molecule has 6 nitrogen and oxygen atoms in total. The predicted molar refractivity (Wildman–Crippen MR) is 69.5 cm³/mol. The number of amides is 1.